The van der Waals surface area contributed by atoms with Crippen molar-refractivity contribution in [3.63, 3.8) is 0 Å². The fourth-order valence-electron chi connectivity index (χ4n) is 3.43. The summed E-state index contributed by atoms with van der Waals surface area (Å²) in [7, 11) is 0. The van der Waals surface area contributed by atoms with Crippen LogP contribution in [0, 0.1) is 6.92 Å². The third-order valence-electron chi connectivity index (χ3n) is 4.91. The van der Waals surface area contributed by atoms with Gasteiger partial charge < -0.3 is 24.4 Å². The Bertz CT molecular complexity index is 871. The number of nitrogens with zero attached hydrogens (tertiary/aromatic N) is 1. The van der Waals surface area contributed by atoms with Crippen LogP contribution < -0.4 is 14.8 Å². The van der Waals surface area contributed by atoms with Gasteiger partial charge in [0, 0.05) is 19.7 Å². The number of benzene rings is 2. The van der Waals surface area contributed by atoms with Crippen LogP contribution in [-0.4, -0.2) is 36.1 Å². The topological polar surface area (TPSA) is 43.0 Å². The van der Waals surface area contributed by atoms with Gasteiger partial charge in [-0.1, -0.05) is 23.7 Å². The number of hydrogen-bond donors (Lipinski definition) is 1. The highest BCUT2D eigenvalue weighted by atomic mass is 35.5. The lowest BCUT2D eigenvalue weighted by molar-refractivity contribution is 0.0905. The number of nitrogens with one attached hydrogen (secondary N) is 1. The van der Waals surface area contributed by atoms with Crippen LogP contribution in [0.1, 0.15) is 24.0 Å². The van der Waals surface area contributed by atoms with Crippen molar-refractivity contribution < 1.29 is 14.2 Å². The van der Waals surface area contributed by atoms with E-state index in [9.17, 15) is 0 Å². The molecular formula is C21H23ClN2O3S. The maximum absolute atomic E-state index is 6.38. The van der Waals surface area contributed by atoms with Gasteiger partial charge >= 0.3 is 0 Å². The van der Waals surface area contributed by atoms with Gasteiger partial charge in [0.15, 0.2) is 16.6 Å². The van der Waals surface area contributed by atoms with Crippen LogP contribution in [0.2, 0.25) is 5.02 Å². The molecule has 0 aromatic heterocycles. The molecule has 7 heteroatoms. The Labute approximate surface area is 175 Å². The molecule has 2 aliphatic rings. The zero-order valence-corrected chi connectivity index (χ0v) is 17.3. The monoisotopic (exact) mass is 418 g/mol. The third kappa shape index (κ3) is 4.51. The van der Waals surface area contributed by atoms with E-state index in [1.807, 2.05) is 43.3 Å². The SMILES string of the molecule is Cc1ccc(NC(=S)N(Cc2ccc3c(c2)OCO3)CC2CCCO2)c(Cl)c1. The largest absolute Gasteiger partial charge is 0.454 e. The molecule has 2 heterocycles. The lowest BCUT2D eigenvalue weighted by atomic mass is 10.1. The summed E-state index contributed by atoms with van der Waals surface area (Å²) in [4.78, 5) is 2.12. The summed E-state index contributed by atoms with van der Waals surface area (Å²) in [5.74, 6) is 1.55. The zero-order chi connectivity index (χ0) is 19.5. The van der Waals surface area contributed by atoms with E-state index in [1.54, 1.807) is 0 Å². The van der Waals surface area contributed by atoms with E-state index >= 15 is 0 Å². The molecule has 2 aromatic rings. The molecule has 1 atom stereocenters. The zero-order valence-electron chi connectivity index (χ0n) is 15.7. The first-order chi connectivity index (χ1) is 13.6. The molecule has 1 saturated heterocycles. The highest BCUT2D eigenvalue weighted by Gasteiger charge is 2.22. The number of fused-ring (bicyclic) bond motifs is 1. The second-order valence-electron chi connectivity index (χ2n) is 7.12. The molecule has 0 bridgehead atoms. The van der Waals surface area contributed by atoms with Crippen LogP contribution in [0.5, 0.6) is 11.5 Å². The summed E-state index contributed by atoms with van der Waals surface area (Å²) >= 11 is 12.1. The van der Waals surface area contributed by atoms with Crippen molar-refractivity contribution in [1.82, 2.24) is 4.90 Å². The average molecular weight is 419 g/mol. The summed E-state index contributed by atoms with van der Waals surface area (Å²) in [6, 6.07) is 11.9. The van der Waals surface area contributed by atoms with Gasteiger partial charge in [0.05, 0.1) is 16.8 Å². The van der Waals surface area contributed by atoms with Crippen LogP contribution in [0.15, 0.2) is 36.4 Å². The molecular weight excluding hydrogens is 396 g/mol. The molecule has 0 aliphatic carbocycles. The molecule has 2 aliphatic heterocycles. The maximum Gasteiger partial charge on any atom is 0.231 e. The number of aryl methyl sites for hydroxylation is 1. The second kappa shape index (κ2) is 8.55. The summed E-state index contributed by atoms with van der Waals surface area (Å²) in [5, 5.41) is 4.58. The van der Waals surface area contributed by atoms with Gasteiger partial charge in [-0.3, -0.25) is 0 Å². The van der Waals surface area contributed by atoms with Gasteiger partial charge in [-0.25, -0.2) is 0 Å². The lowest BCUT2D eigenvalue weighted by Gasteiger charge is -2.28. The number of halogens is 1. The lowest BCUT2D eigenvalue weighted by Crippen LogP contribution is -2.39. The second-order valence-corrected chi connectivity index (χ2v) is 7.91. The van der Waals surface area contributed by atoms with E-state index in [0.29, 0.717) is 16.7 Å². The van der Waals surface area contributed by atoms with Crippen LogP contribution in [-0.2, 0) is 11.3 Å². The molecule has 28 heavy (non-hydrogen) atoms. The van der Waals surface area contributed by atoms with Crippen LogP contribution >= 0.6 is 23.8 Å². The van der Waals surface area contributed by atoms with Crippen molar-refractivity contribution >= 4 is 34.6 Å². The Morgan fingerprint density at radius 1 is 1.21 bits per heavy atom. The molecule has 148 valence electrons. The quantitative estimate of drug-likeness (QED) is 0.706. The molecule has 1 fully saturated rings. The highest BCUT2D eigenvalue weighted by Crippen LogP contribution is 2.33. The Hall–Kier alpha value is -2.02. The molecule has 5 nitrogen and oxygen atoms in total. The standard InChI is InChI=1S/C21H23ClN2O3S/c1-14-4-6-18(17(22)9-14)23-21(28)24(12-16-3-2-8-25-16)11-15-5-7-19-20(10-15)27-13-26-19/h4-7,9-10,16H,2-3,8,11-13H2,1H3,(H,23,28). The fourth-order valence-corrected chi connectivity index (χ4v) is 3.96. The number of anilines is 1. The highest BCUT2D eigenvalue weighted by molar-refractivity contribution is 7.80. The van der Waals surface area contributed by atoms with Gasteiger partial charge in [-0.15, -0.1) is 0 Å². The number of rotatable bonds is 5. The molecule has 4 rings (SSSR count). The van der Waals surface area contributed by atoms with Crippen molar-refractivity contribution in [3.8, 4) is 11.5 Å². The summed E-state index contributed by atoms with van der Waals surface area (Å²) in [6.07, 6.45) is 2.32. The summed E-state index contributed by atoms with van der Waals surface area (Å²) in [6.45, 7) is 4.46. The van der Waals surface area contributed by atoms with E-state index in [4.69, 9.17) is 38.0 Å². The van der Waals surface area contributed by atoms with Crippen molar-refractivity contribution in [2.24, 2.45) is 0 Å². The first-order valence-corrected chi connectivity index (χ1v) is 10.2. The Balaban J connectivity index is 1.51. The van der Waals surface area contributed by atoms with Gasteiger partial charge in [0.1, 0.15) is 0 Å². The van der Waals surface area contributed by atoms with Crippen LogP contribution in [0.3, 0.4) is 0 Å². The van der Waals surface area contributed by atoms with Crippen molar-refractivity contribution in [2.45, 2.75) is 32.4 Å². The van der Waals surface area contributed by atoms with E-state index in [0.717, 1.165) is 54.3 Å². The van der Waals surface area contributed by atoms with E-state index < -0.39 is 0 Å². The predicted octanol–water partition coefficient (Wildman–Crippen LogP) is 4.76. The minimum absolute atomic E-state index is 0.183. The minimum atomic E-state index is 0.183. The Morgan fingerprint density at radius 2 is 2.07 bits per heavy atom. The smallest absolute Gasteiger partial charge is 0.231 e. The number of thiocarbonyl (C=S) groups is 1. The van der Waals surface area contributed by atoms with Crippen molar-refractivity contribution in [2.75, 3.05) is 25.3 Å². The average Bonchev–Trinajstić information content (AvgIpc) is 3.34. The Morgan fingerprint density at radius 3 is 2.86 bits per heavy atom. The molecule has 0 saturated carbocycles. The van der Waals surface area contributed by atoms with Crippen LogP contribution in [0.25, 0.3) is 0 Å². The fraction of sp³-hybridized carbons (Fsp3) is 0.381. The summed E-state index contributed by atoms with van der Waals surface area (Å²) in [5.41, 5.74) is 3.01. The van der Waals surface area contributed by atoms with Crippen molar-refractivity contribution in [3.05, 3.63) is 52.5 Å². The van der Waals surface area contributed by atoms with Gasteiger partial charge in [-0.05, 0) is 67.4 Å². The number of ether oxygens (including phenoxy) is 3. The van der Waals surface area contributed by atoms with Crippen molar-refractivity contribution in [1.29, 1.82) is 0 Å². The Kier molecular flexibility index (Phi) is 5.90. The molecule has 1 N–H and O–H groups in total. The van der Waals surface area contributed by atoms with Gasteiger partial charge in [0.2, 0.25) is 6.79 Å². The minimum Gasteiger partial charge on any atom is -0.454 e. The third-order valence-corrected chi connectivity index (χ3v) is 5.58. The van der Waals surface area contributed by atoms with E-state index in [1.165, 1.54) is 0 Å². The predicted molar refractivity (Wildman–Crippen MR) is 114 cm³/mol. The summed E-state index contributed by atoms with van der Waals surface area (Å²) < 4.78 is 16.7. The molecule has 0 spiro atoms. The van der Waals surface area contributed by atoms with Gasteiger partial charge in [-0.2, -0.15) is 0 Å². The first kappa shape index (κ1) is 19.3. The molecule has 0 amide bonds. The van der Waals surface area contributed by atoms with Gasteiger partial charge in [0.25, 0.3) is 0 Å². The first-order valence-electron chi connectivity index (χ1n) is 9.41. The normalized spacial score (nSPS) is 17.6. The van der Waals surface area contributed by atoms with Crippen LogP contribution in [0.4, 0.5) is 5.69 Å². The number of hydrogen-bond acceptors (Lipinski definition) is 4. The van der Waals surface area contributed by atoms with E-state index in [-0.39, 0.29) is 12.9 Å². The maximum atomic E-state index is 6.38. The van der Waals surface area contributed by atoms with E-state index in [2.05, 4.69) is 10.2 Å². The molecule has 1 unspecified atom stereocenters. The molecule has 0 radical (unpaired) electrons. The molecule has 2 aromatic carbocycles.